The first-order chi connectivity index (χ1) is 12.7. The first-order valence-electron chi connectivity index (χ1n) is 8.45. The van der Waals surface area contributed by atoms with Gasteiger partial charge in [0, 0.05) is 18.0 Å². The first kappa shape index (κ1) is 21.2. The van der Waals surface area contributed by atoms with Crippen LogP contribution in [0.2, 0.25) is 5.02 Å². The second-order valence-electron chi connectivity index (χ2n) is 6.26. The van der Waals surface area contributed by atoms with Crippen molar-refractivity contribution in [2.24, 2.45) is 0 Å². The number of nitrogens with one attached hydrogen (secondary N) is 1. The number of halogens is 2. The predicted octanol–water partition coefficient (Wildman–Crippen LogP) is 3.90. The third-order valence-electron chi connectivity index (χ3n) is 4.03. The average Bonchev–Trinajstić information content (AvgIpc) is 2.59. The minimum atomic E-state index is -3.48. The van der Waals surface area contributed by atoms with Crippen molar-refractivity contribution in [3.63, 3.8) is 0 Å². The minimum absolute atomic E-state index is 0.172. The van der Waals surface area contributed by atoms with Crippen LogP contribution in [0, 0.1) is 5.82 Å². The molecule has 0 aromatic heterocycles. The molecule has 0 aliphatic carbocycles. The summed E-state index contributed by atoms with van der Waals surface area (Å²) in [6.07, 6.45) is 1.65. The van der Waals surface area contributed by atoms with E-state index in [0.717, 1.165) is 11.8 Å². The summed E-state index contributed by atoms with van der Waals surface area (Å²) >= 11 is 5.84. The standard InChI is InChI=1S/C19H22ClFN2O3S/c1-14(15-5-9-17(21)10-6-15)22-19(24)4-3-13-23(27(2,25)26)18-11-7-16(20)8-12-18/h5-12,14H,3-4,13H2,1-2H3,(H,22,24)/t14-/m0/s1. The van der Waals surface area contributed by atoms with E-state index in [1.807, 2.05) is 6.92 Å². The summed E-state index contributed by atoms with van der Waals surface area (Å²) in [5.41, 5.74) is 1.30. The normalized spacial score (nSPS) is 12.4. The molecule has 5 nitrogen and oxygen atoms in total. The van der Waals surface area contributed by atoms with Crippen LogP contribution in [0.15, 0.2) is 48.5 Å². The smallest absolute Gasteiger partial charge is 0.232 e. The lowest BCUT2D eigenvalue weighted by molar-refractivity contribution is -0.121. The number of hydrogen-bond acceptors (Lipinski definition) is 3. The Balaban J connectivity index is 1.91. The molecule has 8 heteroatoms. The van der Waals surface area contributed by atoms with Crippen molar-refractivity contribution < 1.29 is 17.6 Å². The second-order valence-corrected chi connectivity index (χ2v) is 8.60. The molecule has 27 heavy (non-hydrogen) atoms. The van der Waals surface area contributed by atoms with Crippen LogP contribution in [0.1, 0.15) is 31.4 Å². The molecular weight excluding hydrogens is 391 g/mol. The van der Waals surface area contributed by atoms with Crippen LogP contribution in [0.25, 0.3) is 0 Å². The van der Waals surface area contributed by atoms with Gasteiger partial charge in [0.2, 0.25) is 15.9 Å². The summed E-state index contributed by atoms with van der Waals surface area (Å²) in [4.78, 5) is 12.1. The molecule has 0 radical (unpaired) electrons. The van der Waals surface area contributed by atoms with Crippen molar-refractivity contribution in [3.8, 4) is 0 Å². The Kier molecular flexibility index (Phi) is 7.21. The van der Waals surface area contributed by atoms with Crippen LogP contribution in [0.3, 0.4) is 0 Å². The maximum atomic E-state index is 13.0. The van der Waals surface area contributed by atoms with Crippen LogP contribution in [0.5, 0.6) is 0 Å². The van der Waals surface area contributed by atoms with E-state index in [2.05, 4.69) is 5.32 Å². The molecule has 1 amide bonds. The van der Waals surface area contributed by atoms with Crippen molar-refractivity contribution in [1.82, 2.24) is 5.32 Å². The molecule has 0 saturated heterocycles. The van der Waals surface area contributed by atoms with Gasteiger partial charge in [-0.15, -0.1) is 0 Å². The number of anilines is 1. The van der Waals surface area contributed by atoms with Gasteiger partial charge in [-0.3, -0.25) is 9.10 Å². The van der Waals surface area contributed by atoms with Crippen molar-refractivity contribution in [2.45, 2.75) is 25.8 Å². The monoisotopic (exact) mass is 412 g/mol. The van der Waals surface area contributed by atoms with E-state index in [9.17, 15) is 17.6 Å². The lowest BCUT2D eigenvalue weighted by Crippen LogP contribution is -2.32. The highest BCUT2D eigenvalue weighted by molar-refractivity contribution is 7.92. The zero-order valence-electron chi connectivity index (χ0n) is 15.2. The summed E-state index contributed by atoms with van der Waals surface area (Å²) in [6.45, 7) is 1.99. The van der Waals surface area contributed by atoms with E-state index >= 15 is 0 Å². The maximum Gasteiger partial charge on any atom is 0.232 e. The molecule has 146 valence electrons. The quantitative estimate of drug-likeness (QED) is 0.715. The molecule has 0 aliphatic rings. The number of benzene rings is 2. The summed E-state index contributed by atoms with van der Waals surface area (Å²) in [5.74, 6) is -0.531. The Morgan fingerprint density at radius 2 is 1.74 bits per heavy atom. The van der Waals surface area contributed by atoms with Crippen molar-refractivity contribution in [3.05, 3.63) is 64.9 Å². The average molecular weight is 413 g/mol. The SMILES string of the molecule is C[C@H](NC(=O)CCCN(c1ccc(Cl)cc1)S(C)(=O)=O)c1ccc(F)cc1. The first-order valence-corrected chi connectivity index (χ1v) is 10.7. The third-order valence-corrected chi connectivity index (χ3v) is 5.47. The fourth-order valence-corrected chi connectivity index (χ4v) is 3.72. The van der Waals surface area contributed by atoms with Crippen LogP contribution < -0.4 is 9.62 Å². The second kappa shape index (κ2) is 9.19. The molecule has 2 aromatic rings. The Labute approximate surface area is 164 Å². The van der Waals surface area contributed by atoms with Gasteiger partial charge < -0.3 is 5.32 Å². The number of amides is 1. The van der Waals surface area contributed by atoms with E-state index in [-0.39, 0.29) is 30.7 Å². The maximum absolute atomic E-state index is 13.0. The highest BCUT2D eigenvalue weighted by Gasteiger charge is 2.18. The number of sulfonamides is 1. The van der Waals surface area contributed by atoms with E-state index in [4.69, 9.17) is 11.6 Å². The number of rotatable bonds is 8. The van der Waals surface area contributed by atoms with Crippen LogP contribution in [0.4, 0.5) is 10.1 Å². The van der Waals surface area contributed by atoms with Gasteiger partial charge in [-0.2, -0.15) is 0 Å². The molecule has 2 rings (SSSR count). The third kappa shape index (κ3) is 6.52. The molecular formula is C19H22ClFN2O3S. The summed E-state index contributed by atoms with van der Waals surface area (Å²) in [5, 5.41) is 3.34. The lowest BCUT2D eigenvalue weighted by atomic mass is 10.1. The topological polar surface area (TPSA) is 66.5 Å². The Bertz CT molecular complexity index is 871. The van der Waals surface area contributed by atoms with E-state index in [1.54, 1.807) is 36.4 Å². The Morgan fingerprint density at radius 1 is 1.15 bits per heavy atom. The molecule has 0 aliphatic heterocycles. The van der Waals surface area contributed by atoms with Gasteiger partial charge >= 0.3 is 0 Å². The van der Waals surface area contributed by atoms with Crippen LogP contribution >= 0.6 is 11.6 Å². The zero-order chi connectivity index (χ0) is 20.0. The molecule has 0 bridgehead atoms. The fraction of sp³-hybridized carbons (Fsp3) is 0.316. The van der Waals surface area contributed by atoms with E-state index in [0.29, 0.717) is 17.1 Å². The zero-order valence-corrected chi connectivity index (χ0v) is 16.7. The van der Waals surface area contributed by atoms with Crippen molar-refractivity contribution >= 4 is 33.2 Å². The van der Waals surface area contributed by atoms with Crippen LogP contribution in [-0.2, 0) is 14.8 Å². The lowest BCUT2D eigenvalue weighted by Gasteiger charge is -2.22. The van der Waals surface area contributed by atoms with Gasteiger partial charge in [-0.25, -0.2) is 12.8 Å². The van der Waals surface area contributed by atoms with Crippen LogP contribution in [-0.4, -0.2) is 27.1 Å². The van der Waals surface area contributed by atoms with Gasteiger partial charge in [0.25, 0.3) is 0 Å². The highest BCUT2D eigenvalue weighted by Crippen LogP contribution is 2.21. The molecule has 0 unspecified atom stereocenters. The van der Waals surface area contributed by atoms with Gasteiger partial charge in [0.1, 0.15) is 5.82 Å². The number of hydrogen-bond donors (Lipinski definition) is 1. The molecule has 0 saturated carbocycles. The fourth-order valence-electron chi connectivity index (χ4n) is 2.63. The van der Waals surface area contributed by atoms with E-state index < -0.39 is 10.0 Å². The van der Waals surface area contributed by atoms with Gasteiger partial charge in [0.05, 0.1) is 18.0 Å². The number of carbonyl (C=O) groups excluding carboxylic acids is 1. The summed E-state index contributed by atoms with van der Waals surface area (Å²) in [6, 6.07) is 12.1. The molecule has 2 aromatic carbocycles. The molecule has 1 N–H and O–H groups in total. The highest BCUT2D eigenvalue weighted by atomic mass is 35.5. The predicted molar refractivity (Wildman–Crippen MR) is 106 cm³/mol. The molecule has 0 fully saturated rings. The molecule has 0 spiro atoms. The number of carbonyl (C=O) groups is 1. The van der Waals surface area contributed by atoms with Crippen molar-refractivity contribution in [1.29, 1.82) is 0 Å². The van der Waals surface area contributed by atoms with Gasteiger partial charge in [-0.1, -0.05) is 23.7 Å². The summed E-state index contributed by atoms with van der Waals surface area (Å²) in [7, 11) is -3.48. The van der Waals surface area contributed by atoms with E-state index in [1.165, 1.54) is 16.4 Å². The Hall–Kier alpha value is -2.12. The number of nitrogens with zero attached hydrogens (tertiary/aromatic N) is 1. The summed E-state index contributed by atoms with van der Waals surface area (Å²) < 4.78 is 38.3. The molecule has 1 atom stereocenters. The van der Waals surface area contributed by atoms with Gasteiger partial charge in [-0.05, 0) is 55.3 Å². The molecule has 0 heterocycles. The largest absolute Gasteiger partial charge is 0.350 e. The van der Waals surface area contributed by atoms with Gasteiger partial charge in [0.15, 0.2) is 0 Å². The van der Waals surface area contributed by atoms with Crippen molar-refractivity contribution in [2.75, 3.05) is 17.1 Å². The Morgan fingerprint density at radius 3 is 2.30 bits per heavy atom. The minimum Gasteiger partial charge on any atom is -0.350 e.